The minimum atomic E-state index is -1.28. The number of anilines is 1. The second-order valence-corrected chi connectivity index (χ2v) is 5.54. The number of hydrogen-bond acceptors (Lipinski definition) is 6. The molecular formula is C16H16N4O4. The van der Waals surface area contributed by atoms with E-state index in [2.05, 4.69) is 5.32 Å². The van der Waals surface area contributed by atoms with Crippen LogP contribution in [0.3, 0.4) is 0 Å². The van der Waals surface area contributed by atoms with Crippen LogP contribution in [-0.4, -0.2) is 28.7 Å². The molecule has 8 nitrogen and oxygen atoms in total. The number of para-hydroxylation sites is 1. The zero-order valence-electron chi connectivity index (χ0n) is 12.7. The van der Waals surface area contributed by atoms with Crippen molar-refractivity contribution < 1.29 is 9.85 Å². The van der Waals surface area contributed by atoms with Crippen LogP contribution in [0.15, 0.2) is 60.7 Å². The van der Waals surface area contributed by atoms with Crippen LogP contribution in [0, 0.1) is 20.2 Å². The van der Waals surface area contributed by atoms with Gasteiger partial charge in [-0.2, -0.15) is 5.32 Å². The highest BCUT2D eigenvalue weighted by molar-refractivity contribution is 5.50. The quantitative estimate of drug-likeness (QED) is 0.681. The first-order valence-electron chi connectivity index (χ1n) is 7.47. The highest BCUT2D eigenvalue weighted by Gasteiger charge is 2.47. The van der Waals surface area contributed by atoms with E-state index >= 15 is 0 Å². The molecule has 8 heteroatoms. The molecule has 0 saturated carbocycles. The van der Waals surface area contributed by atoms with E-state index < -0.39 is 28.2 Å². The number of nitro groups is 2. The van der Waals surface area contributed by atoms with Gasteiger partial charge in [-0.1, -0.05) is 48.5 Å². The predicted molar refractivity (Wildman–Crippen MR) is 87.7 cm³/mol. The van der Waals surface area contributed by atoms with Gasteiger partial charge < -0.3 is 4.90 Å². The maximum Gasteiger partial charge on any atom is 0.295 e. The molecule has 1 aliphatic rings. The molecule has 24 heavy (non-hydrogen) atoms. The van der Waals surface area contributed by atoms with Crippen LogP contribution in [0.2, 0.25) is 0 Å². The van der Waals surface area contributed by atoms with E-state index in [1.165, 1.54) is 0 Å². The van der Waals surface area contributed by atoms with Crippen LogP contribution < -0.4 is 10.2 Å². The Hall–Kier alpha value is -3.00. The summed E-state index contributed by atoms with van der Waals surface area (Å²) in [5, 5.41) is 25.4. The Morgan fingerprint density at radius 1 is 0.917 bits per heavy atom. The predicted octanol–water partition coefficient (Wildman–Crippen LogP) is 2.04. The van der Waals surface area contributed by atoms with Crippen molar-refractivity contribution in [3.8, 4) is 0 Å². The van der Waals surface area contributed by atoms with Gasteiger partial charge >= 0.3 is 0 Å². The topological polar surface area (TPSA) is 102 Å². The number of benzene rings is 2. The number of rotatable bonds is 4. The Balaban J connectivity index is 2.08. The molecule has 1 fully saturated rings. The van der Waals surface area contributed by atoms with Crippen molar-refractivity contribution in [1.29, 1.82) is 0 Å². The van der Waals surface area contributed by atoms with Crippen molar-refractivity contribution in [2.45, 2.75) is 18.4 Å². The molecule has 2 aromatic carbocycles. The summed E-state index contributed by atoms with van der Waals surface area (Å²) in [5.41, 5.74) is 1.45. The van der Waals surface area contributed by atoms with Gasteiger partial charge in [-0.3, -0.25) is 20.2 Å². The lowest BCUT2D eigenvalue weighted by Crippen LogP contribution is -2.63. The highest BCUT2D eigenvalue weighted by atomic mass is 16.6. The van der Waals surface area contributed by atoms with Crippen molar-refractivity contribution in [3.05, 3.63) is 86.5 Å². The molecule has 0 aliphatic carbocycles. The van der Waals surface area contributed by atoms with E-state index in [1.54, 1.807) is 41.3 Å². The molecule has 3 unspecified atom stereocenters. The summed E-state index contributed by atoms with van der Waals surface area (Å²) >= 11 is 0. The van der Waals surface area contributed by atoms with Gasteiger partial charge in [-0.25, -0.2) is 0 Å². The fraction of sp³-hybridized carbons (Fsp3) is 0.250. The van der Waals surface area contributed by atoms with E-state index in [0.717, 1.165) is 5.56 Å². The summed E-state index contributed by atoms with van der Waals surface area (Å²) in [7, 11) is 0. The van der Waals surface area contributed by atoms with Gasteiger partial charge in [0.15, 0.2) is 0 Å². The van der Waals surface area contributed by atoms with E-state index in [1.807, 2.05) is 24.3 Å². The largest absolute Gasteiger partial charge is 0.348 e. The molecule has 0 aromatic heterocycles. The molecule has 0 bridgehead atoms. The van der Waals surface area contributed by atoms with Crippen LogP contribution in [0.4, 0.5) is 5.69 Å². The molecule has 1 N–H and O–H groups in total. The van der Waals surface area contributed by atoms with Crippen molar-refractivity contribution >= 4 is 5.69 Å². The van der Waals surface area contributed by atoms with Gasteiger partial charge in [0.25, 0.3) is 12.3 Å². The van der Waals surface area contributed by atoms with Gasteiger partial charge in [0.05, 0.1) is 0 Å². The third-order valence-electron chi connectivity index (χ3n) is 4.08. The number of nitrogens with one attached hydrogen (secondary N) is 1. The maximum absolute atomic E-state index is 11.6. The summed E-state index contributed by atoms with van der Waals surface area (Å²) in [4.78, 5) is 23.5. The van der Waals surface area contributed by atoms with Crippen LogP contribution in [0.25, 0.3) is 0 Å². The minimum Gasteiger partial charge on any atom is -0.348 e. The zero-order chi connectivity index (χ0) is 17.1. The molecule has 1 saturated heterocycles. The van der Waals surface area contributed by atoms with E-state index in [-0.39, 0.29) is 6.54 Å². The molecule has 0 radical (unpaired) electrons. The zero-order valence-corrected chi connectivity index (χ0v) is 12.7. The average molecular weight is 328 g/mol. The normalized spacial score (nSPS) is 23.7. The van der Waals surface area contributed by atoms with Crippen LogP contribution >= 0.6 is 0 Å². The fourth-order valence-electron chi connectivity index (χ4n) is 3.01. The Bertz CT molecular complexity index is 725. The Morgan fingerprint density at radius 2 is 1.50 bits per heavy atom. The molecule has 3 rings (SSSR count). The van der Waals surface area contributed by atoms with Gasteiger partial charge in [0.1, 0.15) is 12.6 Å². The summed E-state index contributed by atoms with van der Waals surface area (Å²) in [6, 6.07) is 17.4. The van der Waals surface area contributed by atoms with Crippen LogP contribution in [0.1, 0.15) is 11.6 Å². The monoisotopic (exact) mass is 328 g/mol. The maximum atomic E-state index is 11.6. The van der Waals surface area contributed by atoms with E-state index in [4.69, 9.17) is 0 Å². The lowest BCUT2D eigenvalue weighted by molar-refractivity contribution is -0.578. The average Bonchev–Trinajstić information content (AvgIpc) is 2.62. The second kappa shape index (κ2) is 6.63. The molecule has 1 aliphatic heterocycles. The molecule has 1 heterocycles. The van der Waals surface area contributed by atoms with Gasteiger partial charge in [0, 0.05) is 15.5 Å². The van der Waals surface area contributed by atoms with Crippen molar-refractivity contribution in [2.24, 2.45) is 0 Å². The summed E-state index contributed by atoms with van der Waals surface area (Å²) in [5.74, 6) is 0. The lowest BCUT2D eigenvalue weighted by Gasteiger charge is -2.40. The lowest BCUT2D eigenvalue weighted by atomic mass is 9.98. The third kappa shape index (κ3) is 3.04. The Labute approximate surface area is 138 Å². The first-order chi connectivity index (χ1) is 11.6. The minimum absolute atomic E-state index is 0.0426. The fourth-order valence-corrected chi connectivity index (χ4v) is 3.01. The molecular weight excluding hydrogens is 312 g/mol. The summed E-state index contributed by atoms with van der Waals surface area (Å²) < 4.78 is 0. The number of piperazine rings is 1. The summed E-state index contributed by atoms with van der Waals surface area (Å²) in [6.45, 7) is 0.0426. The molecule has 2 aromatic rings. The first kappa shape index (κ1) is 15.9. The standard InChI is InChI=1S/C16H16N4O4/c21-19(22)14-11-18(13-9-5-2-6-10-13)15(16(17-14)20(23)24)12-7-3-1-4-8-12/h1-10,14-17H,11H2. The van der Waals surface area contributed by atoms with Gasteiger partial charge in [0.2, 0.25) is 0 Å². The number of hydrogen-bond donors (Lipinski definition) is 1. The van der Waals surface area contributed by atoms with E-state index in [0.29, 0.717) is 5.69 Å². The van der Waals surface area contributed by atoms with Crippen molar-refractivity contribution in [3.63, 3.8) is 0 Å². The second-order valence-electron chi connectivity index (χ2n) is 5.54. The van der Waals surface area contributed by atoms with Gasteiger partial charge in [-0.05, 0) is 17.7 Å². The van der Waals surface area contributed by atoms with Gasteiger partial charge in [-0.15, -0.1) is 0 Å². The van der Waals surface area contributed by atoms with Crippen LogP contribution in [-0.2, 0) is 0 Å². The van der Waals surface area contributed by atoms with Crippen LogP contribution in [0.5, 0.6) is 0 Å². The van der Waals surface area contributed by atoms with E-state index in [9.17, 15) is 20.2 Å². The number of nitrogens with zero attached hydrogens (tertiary/aromatic N) is 3. The molecule has 0 spiro atoms. The molecule has 0 amide bonds. The molecule has 124 valence electrons. The third-order valence-corrected chi connectivity index (χ3v) is 4.08. The molecule has 3 atom stereocenters. The highest BCUT2D eigenvalue weighted by Crippen LogP contribution is 2.33. The van der Waals surface area contributed by atoms with Crippen molar-refractivity contribution in [1.82, 2.24) is 5.32 Å². The first-order valence-corrected chi connectivity index (χ1v) is 7.47. The Morgan fingerprint density at radius 3 is 2.04 bits per heavy atom. The Kier molecular flexibility index (Phi) is 4.39. The summed E-state index contributed by atoms with van der Waals surface area (Å²) in [6.07, 6.45) is -2.49. The smallest absolute Gasteiger partial charge is 0.295 e. The van der Waals surface area contributed by atoms with Crippen molar-refractivity contribution in [2.75, 3.05) is 11.4 Å². The SMILES string of the molecule is O=[N+]([O-])C1CN(c2ccccc2)C(c2ccccc2)C([N+](=O)[O-])N1.